The topological polar surface area (TPSA) is 9.23 Å². The lowest BCUT2D eigenvalue weighted by Crippen LogP contribution is -1.89. The maximum Gasteiger partial charge on any atom is 0.118 e. The molecule has 0 atom stereocenters. The van der Waals surface area contributed by atoms with Crippen molar-refractivity contribution < 1.29 is 4.74 Å². The van der Waals surface area contributed by atoms with Crippen molar-refractivity contribution in [2.45, 2.75) is 29.6 Å². The van der Waals surface area contributed by atoms with Crippen LogP contribution < -0.4 is 4.74 Å². The zero-order valence-electron chi connectivity index (χ0n) is 12.1. The first-order valence-corrected chi connectivity index (χ1v) is 7.55. The molecule has 0 saturated carbocycles. The number of methoxy groups -OCH3 is 1. The summed E-state index contributed by atoms with van der Waals surface area (Å²) in [5.41, 5.74) is 2.62. The number of benzene rings is 2. The lowest BCUT2D eigenvalue weighted by atomic mass is 10.1. The second-order valence-electron chi connectivity index (χ2n) is 4.84. The van der Waals surface area contributed by atoms with E-state index in [9.17, 15) is 0 Å². The van der Waals surface area contributed by atoms with Gasteiger partial charge in [-0.1, -0.05) is 35.5 Å². The van der Waals surface area contributed by atoms with Gasteiger partial charge < -0.3 is 4.74 Å². The summed E-state index contributed by atoms with van der Waals surface area (Å²) in [6.45, 7) is 6.06. The molecule has 0 aromatic heterocycles. The van der Waals surface area contributed by atoms with E-state index < -0.39 is 0 Å². The molecular formula is C18H20OS. The third-order valence-corrected chi connectivity index (χ3v) is 4.21. The third kappa shape index (κ3) is 4.17. The minimum Gasteiger partial charge on any atom is -0.497 e. The van der Waals surface area contributed by atoms with Crippen molar-refractivity contribution in [3.05, 3.63) is 66.2 Å². The maximum atomic E-state index is 5.19. The predicted octanol–water partition coefficient (Wildman–Crippen LogP) is 5.36. The van der Waals surface area contributed by atoms with E-state index in [4.69, 9.17) is 4.74 Å². The van der Waals surface area contributed by atoms with Crippen LogP contribution in [0.4, 0.5) is 0 Å². The van der Waals surface area contributed by atoms with Crippen LogP contribution in [0.15, 0.2) is 70.5 Å². The average Bonchev–Trinajstić information content (AvgIpc) is 2.47. The van der Waals surface area contributed by atoms with Crippen molar-refractivity contribution in [1.82, 2.24) is 0 Å². The van der Waals surface area contributed by atoms with E-state index in [-0.39, 0.29) is 0 Å². The smallest absolute Gasteiger partial charge is 0.118 e. The quantitative estimate of drug-likeness (QED) is 0.661. The molecule has 0 aliphatic rings. The van der Waals surface area contributed by atoms with Crippen molar-refractivity contribution in [2.24, 2.45) is 0 Å². The molecule has 0 aliphatic heterocycles. The fourth-order valence-corrected chi connectivity index (χ4v) is 2.90. The van der Waals surface area contributed by atoms with E-state index >= 15 is 0 Å². The Morgan fingerprint density at radius 1 is 1.10 bits per heavy atom. The number of rotatable bonds is 6. The molecule has 2 rings (SSSR count). The molecule has 0 fully saturated rings. The summed E-state index contributed by atoms with van der Waals surface area (Å²) < 4.78 is 5.19. The highest BCUT2D eigenvalue weighted by Crippen LogP contribution is 2.32. The highest BCUT2D eigenvalue weighted by atomic mass is 32.2. The van der Waals surface area contributed by atoms with Gasteiger partial charge in [-0.2, -0.15) is 0 Å². The second-order valence-corrected chi connectivity index (χ2v) is 5.96. The Kier molecular flexibility index (Phi) is 5.31. The van der Waals surface area contributed by atoms with E-state index in [1.165, 1.54) is 20.9 Å². The zero-order valence-corrected chi connectivity index (χ0v) is 12.9. The minimum atomic E-state index is 0.893. The first-order chi connectivity index (χ1) is 9.69. The lowest BCUT2D eigenvalue weighted by molar-refractivity contribution is 0.414. The Labute approximate surface area is 125 Å². The van der Waals surface area contributed by atoms with Crippen LogP contribution in [-0.2, 0) is 6.42 Å². The molecule has 20 heavy (non-hydrogen) atoms. The van der Waals surface area contributed by atoms with Gasteiger partial charge in [0.1, 0.15) is 5.75 Å². The Hall–Kier alpha value is -1.67. The summed E-state index contributed by atoms with van der Waals surface area (Å²) in [5.74, 6) is 0.893. The van der Waals surface area contributed by atoms with Gasteiger partial charge in [0.15, 0.2) is 0 Å². The molecule has 104 valence electrons. The highest BCUT2D eigenvalue weighted by Gasteiger charge is 2.04. The number of hydrogen-bond acceptors (Lipinski definition) is 2. The van der Waals surface area contributed by atoms with Crippen LogP contribution in [-0.4, -0.2) is 7.11 Å². The fourth-order valence-electron chi connectivity index (χ4n) is 1.93. The molecule has 0 saturated heterocycles. The van der Waals surface area contributed by atoms with Gasteiger partial charge in [-0.15, -0.1) is 6.58 Å². The van der Waals surface area contributed by atoms with Crippen molar-refractivity contribution in [2.75, 3.05) is 7.11 Å². The molecule has 0 amide bonds. The number of hydrogen-bond donors (Lipinski definition) is 0. The second kappa shape index (κ2) is 7.20. The van der Waals surface area contributed by atoms with Crippen LogP contribution in [0.2, 0.25) is 0 Å². The van der Waals surface area contributed by atoms with Crippen LogP contribution in [0, 0.1) is 0 Å². The van der Waals surface area contributed by atoms with Gasteiger partial charge in [0.25, 0.3) is 0 Å². The largest absolute Gasteiger partial charge is 0.497 e. The molecule has 2 aromatic carbocycles. The van der Waals surface area contributed by atoms with Gasteiger partial charge in [-0.3, -0.25) is 0 Å². The zero-order chi connectivity index (χ0) is 14.4. The lowest BCUT2D eigenvalue weighted by Gasteiger charge is -2.09. The Morgan fingerprint density at radius 3 is 2.45 bits per heavy atom. The first-order valence-electron chi connectivity index (χ1n) is 6.73. The van der Waals surface area contributed by atoms with E-state index in [1.54, 1.807) is 18.9 Å². The normalized spacial score (nSPS) is 10.3. The number of aryl methyl sites for hydroxylation is 1. The van der Waals surface area contributed by atoms with Crippen LogP contribution in [0.1, 0.15) is 18.9 Å². The molecular weight excluding hydrogens is 264 g/mol. The summed E-state index contributed by atoms with van der Waals surface area (Å²) >= 11 is 1.80. The third-order valence-electron chi connectivity index (χ3n) is 3.08. The fraction of sp³-hybridized carbons (Fsp3) is 0.222. The highest BCUT2D eigenvalue weighted by molar-refractivity contribution is 7.99. The SMILES string of the molecule is C=C(C)CCc1ccccc1Sc1ccc(OC)cc1. The molecule has 1 nitrogen and oxygen atoms in total. The Bertz CT molecular complexity index is 572. The van der Waals surface area contributed by atoms with Crippen molar-refractivity contribution >= 4 is 11.8 Å². The van der Waals surface area contributed by atoms with E-state index in [1.807, 2.05) is 12.1 Å². The minimum absolute atomic E-state index is 0.893. The summed E-state index contributed by atoms with van der Waals surface area (Å²) in [6.07, 6.45) is 2.09. The molecule has 0 unspecified atom stereocenters. The van der Waals surface area contributed by atoms with Gasteiger partial charge in [-0.05, 0) is 55.7 Å². The van der Waals surface area contributed by atoms with Crippen LogP contribution >= 0.6 is 11.8 Å². The monoisotopic (exact) mass is 284 g/mol. The molecule has 0 N–H and O–H groups in total. The maximum absolute atomic E-state index is 5.19. The van der Waals surface area contributed by atoms with Gasteiger partial charge in [0, 0.05) is 9.79 Å². The van der Waals surface area contributed by atoms with Crippen molar-refractivity contribution in [3.63, 3.8) is 0 Å². The van der Waals surface area contributed by atoms with Gasteiger partial charge in [0.05, 0.1) is 7.11 Å². The summed E-state index contributed by atoms with van der Waals surface area (Å²) in [6, 6.07) is 16.8. The molecule has 0 heterocycles. The van der Waals surface area contributed by atoms with E-state index in [0.717, 1.165) is 18.6 Å². The Balaban J connectivity index is 2.13. The molecule has 0 aliphatic carbocycles. The van der Waals surface area contributed by atoms with Gasteiger partial charge >= 0.3 is 0 Å². The van der Waals surface area contributed by atoms with E-state index in [0.29, 0.717) is 0 Å². The molecule has 0 radical (unpaired) electrons. The molecule has 0 bridgehead atoms. The molecule has 2 heteroatoms. The predicted molar refractivity (Wildman–Crippen MR) is 86.7 cm³/mol. The summed E-state index contributed by atoms with van der Waals surface area (Å²) in [4.78, 5) is 2.55. The van der Waals surface area contributed by atoms with Crippen LogP contribution in [0.3, 0.4) is 0 Å². The number of ether oxygens (including phenoxy) is 1. The van der Waals surface area contributed by atoms with Gasteiger partial charge in [-0.25, -0.2) is 0 Å². The Morgan fingerprint density at radius 2 is 1.80 bits per heavy atom. The van der Waals surface area contributed by atoms with Gasteiger partial charge in [0.2, 0.25) is 0 Å². The van der Waals surface area contributed by atoms with Crippen molar-refractivity contribution in [1.29, 1.82) is 0 Å². The standard InChI is InChI=1S/C18H20OS/c1-14(2)8-9-15-6-4-5-7-18(15)20-17-12-10-16(19-3)11-13-17/h4-7,10-13H,1,8-9H2,2-3H3. The average molecular weight is 284 g/mol. The summed E-state index contributed by atoms with van der Waals surface area (Å²) in [7, 11) is 1.69. The van der Waals surface area contributed by atoms with Crippen molar-refractivity contribution in [3.8, 4) is 5.75 Å². The first kappa shape index (κ1) is 14.7. The van der Waals surface area contributed by atoms with E-state index in [2.05, 4.69) is 49.9 Å². The number of allylic oxidation sites excluding steroid dienone is 1. The van der Waals surface area contributed by atoms with Crippen LogP contribution in [0.25, 0.3) is 0 Å². The molecule has 2 aromatic rings. The molecule has 0 spiro atoms. The van der Waals surface area contributed by atoms with Crippen LogP contribution in [0.5, 0.6) is 5.75 Å². The summed E-state index contributed by atoms with van der Waals surface area (Å²) in [5, 5.41) is 0.